The third-order valence-corrected chi connectivity index (χ3v) is 11.7. The van der Waals surface area contributed by atoms with Crippen molar-refractivity contribution in [3.05, 3.63) is 70.3 Å². The van der Waals surface area contributed by atoms with E-state index in [2.05, 4.69) is 9.62 Å². The lowest BCUT2D eigenvalue weighted by atomic mass is 9.64. The van der Waals surface area contributed by atoms with E-state index in [0.29, 0.717) is 36.9 Å². The van der Waals surface area contributed by atoms with Crippen LogP contribution >= 0.6 is 11.6 Å². The Hall–Kier alpha value is -2.59. The molecule has 1 aliphatic carbocycles. The van der Waals surface area contributed by atoms with E-state index in [4.69, 9.17) is 21.1 Å². The summed E-state index contributed by atoms with van der Waals surface area (Å²) in [6, 6.07) is 11.0. The van der Waals surface area contributed by atoms with Gasteiger partial charge in [0.2, 0.25) is 10.0 Å². The maximum Gasteiger partial charge on any atom is 0.264 e. The summed E-state index contributed by atoms with van der Waals surface area (Å²) >= 11 is 6.32. The van der Waals surface area contributed by atoms with Crippen molar-refractivity contribution in [2.75, 3.05) is 31.7 Å². The van der Waals surface area contributed by atoms with Crippen LogP contribution in [0.2, 0.25) is 5.02 Å². The van der Waals surface area contributed by atoms with Crippen LogP contribution in [0.4, 0.5) is 5.69 Å². The van der Waals surface area contributed by atoms with Crippen LogP contribution in [0.15, 0.2) is 48.6 Å². The van der Waals surface area contributed by atoms with Gasteiger partial charge in [0, 0.05) is 30.8 Å². The number of hydrogen-bond acceptors (Lipinski definition) is 7. The topological polar surface area (TPSA) is 105 Å². The standard InChI is InChI=1S/C33H43ClN2O6S/c1-22-7-6-15-33(38,21-41-3)29-13-10-26(29)19-36-16-5-4-8-24-17-28(34)12-9-27(24)20-42-31-14-11-25(18-30(31)36)32(37)35-43(39,40)23(22)2/h6,9,11-12,14-15,17-18,22-23,26,29,38H,4-5,7-8,10,13,16,19-21H2,1-3H3,(H,35,37)/b15-6+/t22-,23+,26-,29+,33+/m0/s1. The molecular weight excluding hydrogens is 588 g/mol. The minimum absolute atomic E-state index is 0.0199. The Kier molecular flexibility index (Phi) is 9.76. The second-order valence-electron chi connectivity index (χ2n) is 12.5. The average Bonchev–Trinajstić information content (AvgIpc) is 2.97. The number of amides is 1. The summed E-state index contributed by atoms with van der Waals surface area (Å²) in [5.74, 6) is -0.148. The number of nitrogens with zero attached hydrogens (tertiary/aromatic N) is 1. The Morgan fingerprint density at radius 1 is 1.14 bits per heavy atom. The highest BCUT2D eigenvalue weighted by atomic mass is 35.5. The van der Waals surface area contributed by atoms with E-state index in [1.807, 2.05) is 31.2 Å². The molecule has 0 unspecified atom stereocenters. The van der Waals surface area contributed by atoms with Gasteiger partial charge in [-0.15, -0.1) is 0 Å². The molecule has 2 aromatic carbocycles. The zero-order valence-electron chi connectivity index (χ0n) is 25.2. The number of nitrogens with one attached hydrogen (secondary N) is 1. The lowest BCUT2D eigenvalue weighted by molar-refractivity contribution is -0.0862. The predicted molar refractivity (Wildman–Crippen MR) is 169 cm³/mol. The third kappa shape index (κ3) is 7.06. The number of halogens is 1. The van der Waals surface area contributed by atoms with Gasteiger partial charge in [-0.3, -0.25) is 4.79 Å². The van der Waals surface area contributed by atoms with Crippen molar-refractivity contribution in [1.82, 2.24) is 4.72 Å². The molecule has 2 N–H and O–H groups in total. The molecule has 234 valence electrons. The number of hydrogen-bond donors (Lipinski definition) is 2. The van der Waals surface area contributed by atoms with Crippen LogP contribution in [0.5, 0.6) is 5.75 Å². The lowest BCUT2D eigenvalue weighted by Crippen LogP contribution is -2.52. The first kappa shape index (κ1) is 31.8. The van der Waals surface area contributed by atoms with Crippen molar-refractivity contribution in [1.29, 1.82) is 0 Å². The molecule has 2 bridgehead atoms. The van der Waals surface area contributed by atoms with E-state index in [9.17, 15) is 18.3 Å². The van der Waals surface area contributed by atoms with Crippen molar-refractivity contribution < 1.29 is 27.8 Å². The fourth-order valence-corrected chi connectivity index (χ4v) is 8.06. The third-order valence-electron chi connectivity index (χ3n) is 9.57. The summed E-state index contributed by atoms with van der Waals surface area (Å²) in [6.07, 6.45) is 8.65. The van der Waals surface area contributed by atoms with Crippen LogP contribution in [0.1, 0.15) is 67.4 Å². The second-order valence-corrected chi connectivity index (χ2v) is 14.9. The number of allylic oxidation sites excluding steroid dienone is 1. The van der Waals surface area contributed by atoms with Gasteiger partial charge in [0.05, 0.1) is 17.5 Å². The molecule has 43 heavy (non-hydrogen) atoms. The Morgan fingerprint density at radius 3 is 2.70 bits per heavy atom. The molecule has 0 aromatic heterocycles. The van der Waals surface area contributed by atoms with Gasteiger partial charge >= 0.3 is 0 Å². The van der Waals surface area contributed by atoms with Crippen LogP contribution in [-0.4, -0.2) is 57.1 Å². The number of aliphatic hydroxyl groups is 1. The van der Waals surface area contributed by atoms with Gasteiger partial charge in [0.25, 0.3) is 5.91 Å². The smallest absolute Gasteiger partial charge is 0.264 e. The van der Waals surface area contributed by atoms with Crippen molar-refractivity contribution in [3.63, 3.8) is 0 Å². The number of benzene rings is 2. The molecule has 5 atom stereocenters. The van der Waals surface area contributed by atoms with Crippen molar-refractivity contribution in [3.8, 4) is 5.75 Å². The number of rotatable bonds is 2. The van der Waals surface area contributed by atoms with E-state index in [0.717, 1.165) is 48.9 Å². The Bertz CT molecular complexity index is 1460. The molecule has 0 radical (unpaired) electrons. The zero-order valence-corrected chi connectivity index (χ0v) is 26.8. The van der Waals surface area contributed by atoms with Gasteiger partial charge in [-0.25, -0.2) is 13.1 Å². The Morgan fingerprint density at radius 2 is 1.95 bits per heavy atom. The number of fused-ring (bicyclic) bond motifs is 3. The Labute approximate surface area is 260 Å². The number of sulfonamides is 1. The summed E-state index contributed by atoms with van der Waals surface area (Å²) in [5.41, 5.74) is 2.05. The largest absolute Gasteiger partial charge is 0.487 e. The van der Waals surface area contributed by atoms with E-state index in [1.54, 1.807) is 38.3 Å². The normalized spacial score (nSPS) is 30.3. The molecule has 2 aliphatic heterocycles. The number of aryl methyl sites for hydroxylation is 1. The molecule has 3 aliphatic rings. The van der Waals surface area contributed by atoms with Gasteiger partial charge in [0.15, 0.2) is 0 Å². The number of methoxy groups -OCH3 is 1. The van der Waals surface area contributed by atoms with Gasteiger partial charge in [0.1, 0.15) is 18.0 Å². The molecule has 0 spiro atoms. The number of anilines is 1. The van der Waals surface area contributed by atoms with E-state index >= 15 is 0 Å². The fourth-order valence-electron chi connectivity index (χ4n) is 6.58. The average molecular weight is 631 g/mol. The SMILES string of the molecule is COC[C@]1(O)/C=C/C[C@H](C)[C@@H](C)S(=O)(=O)NC(=O)c2ccc3c(c2)N(CCCCc2cc(Cl)ccc2CO3)C[C@@H]2CC[C@H]21. The van der Waals surface area contributed by atoms with Gasteiger partial charge in [-0.2, -0.15) is 0 Å². The minimum atomic E-state index is -3.96. The lowest BCUT2D eigenvalue weighted by Gasteiger charge is -2.48. The van der Waals surface area contributed by atoms with Crippen LogP contribution in [0.25, 0.3) is 0 Å². The molecule has 5 rings (SSSR count). The van der Waals surface area contributed by atoms with Crippen molar-refractivity contribution in [2.24, 2.45) is 17.8 Å². The van der Waals surface area contributed by atoms with Crippen LogP contribution < -0.4 is 14.4 Å². The van der Waals surface area contributed by atoms with Crippen molar-refractivity contribution >= 4 is 33.2 Å². The van der Waals surface area contributed by atoms with Gasteiger partial charge in [-0.1, -0.05) is 36.7 Å². The first-order valence-corrected chi connectivity index (χ1v) is 17.2. The summed E-state index contributed by atoms with van der Waals surface area (Å²) in [5, 5.41) is 11.7. The van der Waals surface area contributed by atoms with E-state index in [1.165, 1.54) is 0 Å². The molecule has 1 saturated carbocycles. The number of ether oxygens (including phenoxy) is 2. The van der Waals surface area contributed by atoms with Crippen LogP contribution in [0.3, 0.4) is 0 Å². The summed E-state index contributed by atoms with van der Waals surface area (Å²) in [4.78, 5) is 15.6. The van der Waals surface area contributed by atoms with Crippen LogP contribution in [-0.2, 0) is 27.8 Å². The monoisotopic (exact) mass is 630 g/mol. The van der Waals surface area contributed by atoms with E-state index in [-0.39, 0.29) is 29.9 Å². The molecular formula is C33H43ClN2O6S. The highest BCUT2D eigenvalue weighted by Crippen LogP contribution is 2.45. The highest BCUT2D eigenvalue weighted by molar-refractivity contribution is 7.90. The molecule has 2 aromatic rings. The van der Waals surface area contributed by atoms with Crippen LogP contribution in [0, 0.1) is 17.8 Å². The number of carbonyl (C=O) groups excluding carboxylic acids is 1. The molecule has 10 heteroatoms. The summed E-state index contributed by atoms with van der Waals surface area (Å²) in [7, 11) is -2.37. The predicted octanol–water partition coefficient (Wildman–Crippen LogP) is 5.51. The maximum atomic E-state index is 13.4. The molecule has 2 heterocycles. The fraction of sp³-hybridized carbons (Fsp3) is 0.545. The highest BCUT2D eigenvalue weighted by Gasteiger charge is 2.46. The quantitative estimate of drug-likeness (QED) is 0.422. The first-order chi connectivity index (χ1) is 20.5. The van der Waals surface area contributed by atoms with Gasteiger partial charge in [-0.05, 0) is 105 Å². The summed E-state index contributed by atoms with van der Waals surface area (Å²) in [6.45, 7) is 5.32. The Balaban J connectivity index is 1.57. The first-order valence-electron chi connectivity index (χ1n) is 15.2. The molecule has 0 saturated heterocycles. The molecule has 1 amide bonds. The van der Waals surface area contributed by atoms with E-state index < -0.39 is 26.8 Å². The molecule has 1 fully saturated rings. The number of carbonyl (C=O) groups is 1. The second kappa shape index (κ2) is 13.2. The maximum absolute atomic E-state index is 13.4. The van der Waals surface area contributed by atoms with Crippen molar-refractivity contribution in [2.45, 2.75) is 69.8 Å². The minimum Gasteiger partial charge on any atom is -0.487 e. The molecule has 8 nitrogen and oxygen atoms in total. The van der Waals surface area contributed by atoms with Gasteiger partial charge < -0.3 is 19.5 Å². The summed E-state index contributed by atoms with van der Waals surface area (Å²) < 4.78 is 40.7. The zero-order chi connectivity index (χ0) is 30.8.